The lowest BCUT2D eigenvalue weighted by Gasteiger charge is -2.32. The molecule has 2 atom stereocenters. The number of hydrogen-bond donors (Lipinski definition) is 0. The lowest BCUT2D eigenvalue weighted by atomic mass is 9.88. The summed E-state index contributed by atoms with van der Waals surface area (Å²) < 4.78 is 0. The first-order chi connectivity index (χ1) is 5.07. The van der Waals surface area contributed by atoms with Crippen molar-refractivity contribution < 1.29 is 0 Å². The molecule has 0 fully saturated rings. The largest absolute Gasteiger partial charge is 0.113 e. The third kappa shape index (κ3) is 1.70. The van der Waals surface area contributed by atoms with Crippen LogP contribution in [0.3, 0.4) is 0 Å². The Balaban J connectivity index is 2.85. The minimum Gasteiger partial charge on any atom is -0.113 e. The molecular weight excluding hydrogens is 223 g/mol. The van der Waals surface area contributed by atoms with Gasteiger partial charge in [0, 0.05) is 0 Å². The second-order valence-corrected chi connectivity index (χ2v) is 4.77. The van der Waals surface area contributed by atoms with Gasteiger partial charge in [0.05, 0.1) is 9.70 Å². The molecule has 1 aliphatic carbocycles. The number of hydrogen-bond acceptors (Lipinski definition) is 0. The molecule has 0 aliphatic heterocycles. The van der Waals surface area contributed by atoms with Crippen LogP contribution < -0.4 is 0 Å². The molecule has 0 aromatic carbocycles. The fourth-order valence-electron chi connectivity index (χ4n) is 1.12. The lowest BCUT2D eigenvalue weighted by Crippen LogP contribution is -2.36. The average molecular weight is 236 g/mol. The molecule has 0 saturated carbocycles. The van der Waals surface area contributed by atoms with Crippen molar-refractivity contribution in [2.24, 2.45) is 5.92 Å². The van der Waals surface area contributed by atoms with Crippen LogP contribution in [0.15, 0.2) is 24.3 Å². The highest BCUT2D eigenvalue weighted by Gasteiger charge is 2.35. The van der Waals surface area contributed by atoms with Crippen LogP contribution in [0.25, 0.3) is 0 Å². The highest BCUT2D eigenvalue weighted by atomic mass is 79.9. The van der Waals surface area contributed by atoms with E-state index in [1.165, 1.54) is 0 Å². The minimum atomic E-state index is -0.241. The summed E-state index contributed by atoms with van der Waals surface area (Å²) in [6.07, 6.45) is 8.15. The highest BCUT2D eigenvalue weighted by Crippen LogP contribution is 2.37. The Morgan fingerprint density at radius 1 is 1.45 bits per heavy atom. The van der Waals surface area contributed by atoms with Gasteiger partial charge in [0.1, 0.15) is 0 Å². The summed E-state index contributed by atoms with van der Waals surface area (Å²) in [5.41, 5.74) is 0. The van der Waals surface area contributed by atoms with Gasteiger partial charge in [-0.15, -0.1) is 11.6 Å². The Labute approximate surface area is 81.4 Å². The molecule has 0 aromatic rings. The topological polar surface area (TPSA) is 0 Å². The lowest BCUT2D eigenvalue weighted by molar-refractivity contribution is 0.514. The molecule has 1 aliphatic rings. The summed E-state index contributed by atoms with van der Waals surface area (Å²) in [7, 11) is 0. The van der Waals surface area contributed by atoms with Crippen molar-refractivity contribution in [3.05, 3.63) is 24.3 Å². The molecule has 0 heterocycles. The summed E-state index contributed by atoms with van der Waals surface area (Å²) in [6, 6.07) is 0. The number of alkyl halides is 2. The van der Waals surface area contributed by atoms with Gasteiger partial charge >= 0.3 is 0 Å². The molecule has 0 spiro atoms. The van der Waals surface area contributed by atoms with Gasteiger partial charge in [-0.1, -0.05) is 54.1 Å². The fraction of sp³-hybridized carbons (Fsp3) is 0.556. The highest BCUT2D eigenvalue weighted by molar-refractivity contribution is 9.09. The van der Waals surface area contributed by atoms with E-state index in [9.17, 15) is 0 Å². The van der Waals surface area contributed by atoms with Crippen molar-refractivity contribution in [3.8, 4) is 0 Å². The summed E-state index contributed by atoms with van der Waals surface area (Å²) in [4.78, 5) is 0.0102. The molecule has 0 nitrogen and oxygen atoms in total. The van der Waals surface area contributed by atoms with Gasteiger partial charge in [-0.25, -0.2) is 0 Å². The predicted molar refractivity (Wildman–Crippen MR) is 54.4 cm³/mol. The Kier molecular flexibility index (Phi) is 2.82. The van der Waals surface area contributed by atoms with Gasteiger partial charge in [-0.3, -0.25) is 0 Å². The van der Waals surface area contributed by atoms with E-state index in [1.54, 1.807) is 0 Å². The maximum atomic E-state index is 6.38. The smallest absolute Gasteiger partial charge is 0.0811 e. The maximum absolute atomic E-state index is 6.38. The normalized spacial score (nSPS) is 36.6. The van der Waals surface area contributed by atoms with Crippen molar-refractivity contribution >= 4 is 27.5 Å². The van der Waals surface area contributed by atoms with E-state index in [-0.39, 0.29) is 9.70 Å². The van der Waals surface area contributed by atoms with E-state index in [0.717, 1.165) is 0 Å². The number of allylic oxidation sites excluding steroid dienone is 4. The van der Waals surface area contributed by atoms with Crippen molar-refractivity contribution in [1.29, 1.82) is 0 Å². The molecule has 0 saturated heterocycles. The van der Waals surface area contributed by atoms with Crippen LogP contribution >= 0.6 is 27.5 Å². The van der Waals surface area contributed by atoms with E-state index in [0.29, 0.717) is 5.92 Å². The first kappa shape index (κ1) is 9.34. The van der Waals surface area contributed by atoms with Crippen LogP contribution in [0.1, 0.15) is 13.8 Å². The monoisotopic (exact) mass is 234 g/mol. The van der Waals surface area contributed by atoms with E-state index < -0.39 is 0 Å². The van der Waals surface area contributed by atoms with Crippen molar-refractivity contribution in [1.82, 2.24) is 0 Å². The molecule has 0 radical (unpaired) electrons. The zero-order valence-corrected chi connectivity index (χ0v) is 9.06. The van der Waals surface area contributed by atoms with Gasteiger partial charge in [-0.2, -0.15) is 0 Å². The third-order valence-electron chi connectivity index (χ3n) is 2.05. The summed E-state index contributed by atoms with van der Waals surface area (Å²) in [5, 5.41) is 0. The van der Waals surface area contributed by atoms with Crippen LogP contribution in [0.5, 0.6) is 0 Å². The van der Waals surface area contributed by atoms with Gasteiger partial charge in [-0.05, 0) is 5.92 Å². The molecule has 0 N–H and O–H groups in total. The van der Waals surface area contributed by atoms with Crippen molar-refractivity contribution in [3.63, 3.8) is 0 Å². The third-order valence-corrected chi connectivity index (χ3v) is 4.17. The first-order valence-corrected chi connectivity index (χ1v) is 5.05. The summed E-state index contributed by atoms with van der Waals surface area (Å²) in [6.45, 7) is 4.26. The van der Waals surface area contributed by atoms with Crippen molar-refractivity contribution in [2.75, 3.05) is 0 Å². The fourth-order valence-corrected chi connectivity index (χ4v) is 2.12. The van der Waals surface area contributed by atoms with E-state index in [1.807, 2.05) is 12.2 Å². The van der Waals surface area contributed by atoms with Gasteiger partial charge in [0.25, 0.3) is 0 Å². The number of halogens is 2. The van der Waals surface area contributed by atoms with E-state index in [2.05, 4.69) is 41.9 Å². The van der Waals surface area contributed by atoms with E-state index in [4.69, 9.17) is 11.6 Å². The SMILES string of the molecule is CC(C)C1(Cl)C=CC=CC1Br. The summed E-state index contributed by atoms with van der Waals surface area (Å²) >= 11 is 9.92. The van der Waals surface area contributed by atoms with Crippen LogP contribution in [0.2, 0.25) is 0 Å². The number of rotatable bonds is 1. The molecule has 1 rings (SSSR count). The van der Waals surface area contributed by atoms with Crippen LogP contribution in [-0.2, 0) is 0 Å². The van der Waals surface area contributed by atoms with E-state index >= 15 is 0 Å². The van der Waals surface area contributed by atoms with Gasteiger partial charge in [0.15, 0.2) is 0 Å². The van der Waals surface area contributed by atoms with Crippen molar-refractivity contribution in [2.45, 2.75) is 23.5 Å². The second-order valence-electron chi connectivity index (χ2n) is 3.13. The Hall–Kier alpha value is 0.250. The molecule has 11 heavy (non-hydrogen) atoms. The molecule has 2 unspecified atom stereocenters. The Morgan fingerprint density at radius 3 is 2.45 bits per heavy atom. The second kappa shape index (κ2) is 3.32. The Bertz CT molecular complexity index is 196. The van der Waals surface area contributed by atoms with Gasteiger partial charge < -0.3 is 0 Å². The van der Waals surface area contributed by atoms with Gasteiger partial charge in [0.2, 0.25) is 0 Å². The zero-order chi connectivity index (χ0) is 8.48. The first-order valence-electron chi connectivity index (χ1n) is 3.76. The summed E-state index contributed by atoms with van der Waals surface area (Å²) in [5.74, 6) is 0.440. The molecule has 62 valence electrons. The molecule has 2 heteroatoms. The molecular formula is C9H12BrCl. The minimum absolute atomic E-state index is 0.241. The molecule has 0 bridgehead atoms. The maximum Gasteiger partial charge on any atom is 0.0811 e. The predicted octanol–water partition coefficient (Wildman–Crippen LogP) is 3.51. The quantitative estimate of drug-likeness (QED) is 0.610. The molecule has 0 aromatic heterocycles. The van der Waals surface area contributed by atoms with Crippen LogP contribution in [0, 0.1) is 5.92 Å². The van der Waals surface area contributed by atoms with Crippen LogP contribution in [0.4, 0.5) is 0 Å². The standard InChI is InChI=1S/C9H12BrCl/c1-7(2)9(11)6-4-3-5-8(9)10/h3-8H,1-2H3. The van der Waals surface area contributed by atoms with Crippen LogP contribution in [-0.4, -0.2) is 9.70 Å². The Morgan fingerprint density at radius 2 is 2.09 bits per heavy atom. The zero-order valence-electron chi connectivity index (χ0n) is 6.72. The average Bonchev–Trinajstić information content (AvgIpc) is 1.95. The molecule has 0 amide bonds.